The first-order chi connectivity index (χ1) is 26.9. The molecular weight excluding hydrogens is 743 g/mol. The summed E-state index contributed by atoms with van der Waals surface area (Å²) in [5.41, 5.74) is 0. The largest absolute Gasteiger partial charge is 0.472 e. The summed E-state index contributed by atoms with van der Waals surface area (Å²) in [7, 11) is -5.11. The molecule has 0 bridgehead atoms. The summed E-state index contributed by atoms with van der Waals surface area (Å²) in [6.07, 6.45) is 19.9. The second-order valence-corrected chi connectivity index (χ2v) is 17.0. The average molecular weight is 823 g/mol. The fourth-order valence-electron chi connectivity index (χ4n) is 6.75. The zero-order valence-corrected chi connectivity index (χ0v) is 35.6. The Morgan fingerprint density at radius 1 is 0.536 bits per heavy atom. The van der Waals surface area contributed by atoms with Crippen LogP contribution >= 0.6 is 7.82 Å². The standard InChI is InChI=1S/C42H79O13P/c1-3-5-7-9-11-13-15-17-18-19-21-23-25-27-29-31-36(44)54-34(32-52-35(43)30-28-26-24-22-20-16-14-12-10-8-6-4-2)33-53-56(50,51)55-42-40(48)38(46)37(45)39(47)41(42)49/h17-18,34,37-42,45-49H,3-16,19-33H2,1-2H3,(H,50,51)/b18-17+/t34-,37?,38-,39+,40-,41-,42?/m1/s1. The summed E-state index contributed by atoms with van der Waals surface area (Å²) in [4.78, 5) is 35.6. The number of hydrogen-bond acceptors (Lipinski definition) is 12. The Balaban J connectivity index is 2.49. The van der Waals surface area contributed by atoms with Crippen LogP contribution in [0.2, 0.25) is 0 Å². The van der Waals surface area contributed by atoms with Crippen LogP contribution in [0, 0.1) is 0 Å². The number of phosphoric ester groups is 1. The van der Waals surface area contributed by atoms with Gasteiger partial charge < -0.3 is 39.9 Å². The minimum atomic E-state index is -5.11. The van der Waals surface area contributed by atoms with Crippen LogP contribution in [0.5, 0.6) is 0 Å². The van der Waals surface area contributed by atoms with Gasteiger partial charge in [-0.1, -0.05) is 148 Å². The highest BCUT2D eigenvalue weighted by molar-refractivity contribution is 7.47. The Labute approximate surface area is 337 Å². The summed E-state index contributed by atoms with van der Waals surface area (Å²) in [6.45, 7) is 3.28. The number of aliphatic hydroxyl groups excluding tert-OH is 5. The van der Waals surface area contributed by atoms with Crippen molar-refractivity contribution in [2.75, 3.05) is 13.2 Å². The monoisotopic (exact) mass is 823 g/mol. The number of rotatable bonds is 36. The number of phosphoric acid groups is 1. The highest BCUT2D eigenvalue weighted by Gasteiger charge is 2.51. The van der Waals surface area contributed by atoms with Gasteiger partial charge in [0.05, 0.1) is 6.61 Å². The van der Waals surface area contributed by atoms with Crippen LogP contribution in [0.1, 0.15) is 187 Å². The Bertz CT molecular complexity index is 1040. The maximum absolute atomic E-state index is 12.8. The van der Waals surface area contributed by atoms with E-state index in [-0.39, 0.29) is 12.8 Å². The zero-order valence-electron chi connectivity index (χ0n) is 34.7. The summed E-state index contributed by atoms with van der Waals surface area (Å²) < 4.78 is 33.4. The highest BCUT2D eigenvalue weighted by atomic mass is 31.2. The molecule has 0 saturated heterocycles. The van der Waals surface area contributed by atoms with Gasteiger partial charge in [0.1, 0.15) is 43.2 Å². The lowest BCUT2D eigenvalue weighted by atomic mass is 9.85. The van der Waals surface area contributed by atoms with E-state index in [9.17, 15) is 44.6 Å². The number of esters is 2. The molecule has 0 aromatic carbocycles. The van der Waals surface area contributed by atoms with Gasteiger partial charge in [-0.2, -0.15) is 0 Å². The first-order valence-electron chi connectivity index (χ1n) is 22.0. The van der Waals surface area contributed by atoms with Crippen molar-refractivity contribution >= 4 is 19.8 Å². The van der Waals surface area contributed by atoms with E-state index in [0.29, 0.717) is 12.8 Å². The molecule has 1 saturated carbocycles. The smallest absolute Gasteiger partial charge is 0.462 e. The van der Waals surface area contributed by atoms with Gasteiger partial charge in [-0.05, 0) is 38.5 Å². The van der Waals surface area contributed by atoms with E-state index in [1.807, 2.05) is 0 Å². The quantitative estimate of drug-likeness (QED) is 0.0154. The van der Waals surface area contributed by atoms with Gasteiger partial charge in [-0.15, -0.1) is 0 Å². The van der Waals surface area contributed by atoms with Gasteiger partial charge in [-0.25, -0.2) is 4.57 Å². The number of carbonyl (C=O) groups is 2. The topological polar surface area (TPSA) is 210 Å². The maximum atomic E-state index is 12.8. The lowest BCUT2D eigenvalue weighted by Crippen LogP contribution is -2.64. The lowest BCUT2D eigenvalue weighted by Gasteiger charge is -2.41. The summed E-state index contributed by atoms with van der Waals surface area (Å²) in [5, 5.41) is 50.0. The third-order valence-electron chi connectivity index (χ3n) is 10.4. The third kappa shape index (κ3) is 25.8. The van der Waals surface area contributed by atoms with Crippen molar-refractivity contribution < 1.29 is 63.1 Å². The van der Waals surface area contributed by atoms with Crippen LogP contribution in [-0.2, 0) is 32.7 Å². The number of unbranched alkanes of at least 4 members (excludes halogenated alkanes) is 22. The molecule has 1 rings (SSSR count). The van der Waals surface area contributed by atoms with E-state index in [4.69, 9.17) is 18.5 Å². The van der Waals surface area contributed by atoms with Gasteiger partial charge >= 0.3 is 19.8 Å². The molecule has 6 N–H and O–H groups in total. The molecule has 0 aromatic heterocycles. The number of hydrogen-bond donors (Lipinski definition) is 6. The molecule has 0 heterocycles. The van der Waals surface area contributed by atoms with Gasteiger partial charge in [0.2, 0.25) is 0 Å². The van der Waals surface area contributed by atoms with Crippen LogP contribution < -0.4 is 0 Å². The van der Waals surface area contributed by atoms with Crippen LogP contribution in [0.15, 0.2) is 12.2 Å². The van der Waals surface area contributed by atoms with Gasteiger partial charge in [-0.3, -0.25) is 18.6 Å². The molecule has 330 valence electrons. The molecule has 0 aromatic rings. The van der Waals surface area contributed by atoms with Gasteiger partial charge in [0.25, 0.3) is 0 Å². The second-order valence-electron chi connectivity index (χ2n) is 15.6. The first kappa shape index (κ1) is 52.6. The van der Waals surface area contributed by atoms with Crippen molar-refractivity contribution in [3.63, 3.8) is 0 Å². The maximum Gasteiger partial charge on any atom is 0.472 e. The number of aliphatic hydroxyl groups is 5. The summed E-state index contributed by atoms with van der Waals surface area (Å²) in [6, 6.07) is 0. The Kier molecular flexibility index (Phi) is 31.4. The molecule has 3 unspecified atom stereocenters. The summed E-state index contributed by atoms with van der Waals surface area (Å²) >= 11 is 0. The van der Waals surface area contributed by atoms with E-state index in [1.165, 1.54) is 89.9 Å². The van der Waals surface area contributed by atoms with E-state index in [2.05, 4.69) is 26.0 Å². The molecular formula is C42H79O13P. The molecule has 13 nitrogen and oxygen atoms in total. The molecule has 1 fully saturated rings. The van der Waals surface area contributed by atoms with E-state index >= 15 is 0 Å². The average Bonchev–Trinajstić information content (AvgIpc) is 3.18. The van der Waals surface area contributed by atoms with Crippen LogP contribution in [0.25, 0.3) is 0 Å². The predicted octanol–water partition coefficient (Wildman–Crippen LogP) is 7.89. The molecule has 1 aliphatic carbocycles. The fourth-order valence-corrected chi connectivity index (χ4v) is 7.73. The number of allylic oxidation sites excluding steroid dienone is 2. The van der Waals surface area contributed by atoms with Crippen molar-refractivity contribution in [1.82, 2.24) is 0 Å². The molecule has 56 heavy (non-hydrogen) atoms. The number of ether oxygens (including phenoxy) is 2. The molecule has 1 aliphatic rings. The molecule has 0 radical (unpaired) electrons. The first-order valence-corrected chi connectivity index (χ1v) is 23.5. The summed E-state index contributed by atoms with van der Waals surface area (Å²) in [5.74, 6) is -1.10. The van der Waals surface area contributed by atoms with Crippen molar-refractivity contribution in [3.05, 3.63) is 12.2 Å². The Hall–Kier alpha value is -1.41. The minimum Gasteiger partial charge on any atom is -0.462 e. The normalized spacial score (nSPS) is 22.9. The molecule has 14 heteroatoms. The minimum absolute atomic E-state index is 0.0906. The Morgan fingerprint density at radius 2 is 0.911 bits per heavy atom. The Morgan fingerprint density at radius 3 is 1.36 bits per heavy atom. The van der Waals surface area contributed by atoms with Crippen molar-refractivity contribution in [3.8, 4) is 0 Å². The molecule has 0 spiro atoms. The van der Waals surface area contributed by atoms with Crippen LogP contribution in [0.4, 0.5) is 0 Å². The van der Waals surface area contributed by atoms with Gasteiger partial charge in [0.15, 0.2) is 6.10 Å². The number of carbonyl (C=O) groups excluding carboxylic acids is 2. The van der Waals surface area contributed by atoms with E-state index in [0.717, 1.165) is 57.8 Å². The van der Waals surface area contributed by atoms with Crippen molar-refractivity contribution in [2.45, 2.75) is 230 Å². The lowest BCUT2D eigenvalue weighted by molar-refractivity contribution is -0.220. The second kappa shape index (κ2) is 33.4. The van der Waals surface area contributed by atoms with E-state index < -0.39 is 75.7 Å². The molecule has 8 atom stereocenters. The molecule has 0 amide bonds. The third-order valence-corrected chi connectivity index (χ3v) is 11.3. The fraction of sp³-hybridized carbons (Fsp3) is 0.905. The highest BCUT2D eigenvalue weighted by Crippen LogP contribution is 2.47. The van der Waals surface area contributed by atoms with Crippen LogP contribution in [0.3, 0.4) is 0 Å². The molecule has 0 aliphatic heterocycles. The van der Waals surface area contributed by atoms with Crippen LogP contribution in [-0.4, -0.2) is 98.3 Å². The van der Waals surface area contributed by atoms with Crippen molar-refractivity contribution in [2.24, 2.45) is 0 Å². The SMILES string of the molecule is CCCCCCCC/C=C/CCCCCCCC(=O)O[C@H](COC(=O)CCCCCCCCCCCCCC)COP(=O)(O)OC1[C@H](O)[C@H](O)C(O)[C@H](O)[C@H]1O. The van der Waals surface area contributed by atoms with Gasteiger partial charge in [0, 0.05) is 12.8 Å². The zero-order chi connectivity index (χ0) is 41.4. The predicted molar refractivity (Wildman–Crippen MR) is 217 cm³/mol. The van der Waals surface area contributed by atoms with E-state index in [1.54, 1.807) is 0 Å². The van der Waals surface area contributed by atoms with Crippen molar-refractivity contribution in [1.29, 1.82) is 0 Å².